The van der Waals surface area contributed by atoms with E-state index < -0.39 is 5.41 Å². The minimum Gasteiger partial charge on any atom is -0.497 e. The molecule has 0 bridgehead atoms. The van der Waals surface area contributed by atoms with Crippen molar-refractivity contribution in [2.45, 2.75) is 32.1 Å². The Balaban J connectivity index is 1.67. The monoisotopic (exact) mass is 475 g/mol. The number of ether oxygens (including phenoxy) is 1. The molecule has 2 aliphatic rings. The SMILES string of the molecule is COc1ccc([C@]23C=C(C#N)C(=O)[C@@H](C)[C@@H]2CCc2c(-c4ccc5[nH]cnc5c4)nc(C)nc23)cc1. The molecule has 0 radical (unpaired) electrons. The molecule has 7 nitrogen and oxygen atoms in total. The second kappa shape index (κ2) is 8.13. The van der Waals surface area contributed by atoms with Crippen molar-refractivity contribution in [3.05, 3.63) is 83.1 Å². The molecule has 2 aliphatic carbocycles. The molecule has 2 heterocycles. The van der Waals surface area contributed by atoms with Crippen LogP contribution in [0.15, 0.2) is 60.4 Å². The Hall–Kier alpha value is -4.31. The zero-order valence-corrected chi connectivity index (χ0v) is 20.4. The minimum atomic E-state index is -0.725. The van der Waals surface area contributed by atoms with Gasteiger partial charge in [0.25, 0.3) is 0 Å². The number of hydrogen-bond donors (Lipinski definition) is 1. The summed E-state index contributed by atoms with van der Waals surface area (Å²) in [6.45, 7) is 3.84. The molecule has 0 spiro atoms. The van der Waals surface area contributed by atoms with E-state index in [9.17, 15) is 10.1 Å². The van der Waals surface area contributed by atoms with Gasteiger partial charge in [-0.1, -0.05) is 25.1 Å². The van der Waals surface area contributed by atoms with E-state index in [0.717, 1.165) is 57.7 Å². The molecule has 0 saturated heterocycles. The number of nitriles is 1. The number of rotatable bonds is 3. The maximum absolute atomic E-state index is 13.1. The van der Waals surface area contributed by atoms with E-state index in [0.29, 0.717) is 5.82 Å². The molecule has 36 heavy (non-hydrogen) atoms. The third-order valence-electron chi connectivity index (χ3n) is 7.84. The van der Waals surface area contributed by atoms with Crippen LogP contribution in [0.3, 0.4) is 0 Å². The number of hydrogen-bond acceptors (Lipinski definition) is 6. The standard InChI is InChI=1S/C29H25N5O2/c1-16-23-10-9-22-26(18-4-11-24-25(12-18)32-15-31-24)33-17(2)34-28(22)29(23,13-19(14-30)27(16)35)20-5-7-21(36-3)8-6-20/h4-8,11-13,15-16,23H,9-10H2,1-3H3,(H,31,32)/t16-,23-,29+/m0/s1. The van der Waals surface area contributed by atoms with Gasteiger partial charge in [-0.2, -0.15) is 5.26 Å². The lowest BCUT2D eigenvalue weighted by Crippen LogP contribution is -2.48. The second-order valence-corrected chi connectivity index (χ2v) is 9.65. The number of aromatic nitrogens is 4. The number of carbonyl (C=O) groups is 1. The average molecular weight is 476 g/mol. The molecule has 0 amide bonds. The van der Waals surface area contributed by atoms with Crippen LogP contribution in [-0.2, 0) is 16.6 Å². The first kappa shape index (κ1) is 22.2. The Morgan fingerprint density at radius 3 is 2.72 bits per heavy atom. The average Bonchev–Trinajstić information content (AvgIpc) is 3.38. The van der Waals surface area contributed by atoms with Gasteiger partial charge in [-0.05, 0) is 61.6 Å². The van der Waals surface area contributed by atoms with Gasteiger partial charge in [-0.25, -0.2) is 15.0 Å². The molecule has 0 fully saturated rings. The lowest BCUT2D eigenvalue weighted by molar-refractivity contribution is -0.121. The van der Waals surface area contributed by atoms with Crippen LogP contribution in [-0.4, -0.2) is 32.8 Å². The van der Waals surface area contributed by atoms with Crippen molar-refractivity contribution in [3.63, 3.8) is 0 Å². The number of nitrogens with zero attached hydrogens (tertiary/aromatic N) is 4. The fourth-order valence-electron chi connectivity index (χ4n) is 6.13. The van der Waals surface area contributed by atoms with E-state index in [2.05, 4.69) is 22.1 Å². The molecule has 1 N–H and O–H groups in total. The summed E-state index contributed by atoms with van der Waals surface area (Å²) in [7, 11) is 1.64. The molecular weight excluding hydrogens is 450 g/mol. The number of methoxy groups -OCH3 is 1. The van der Waals surface area contributed by atoms with Crippen molar-refractivity contribution in [2.75, 3.05) is 7.11 Å². The van der Waals surface area contributed by atoms with Gasteiger partial charge in [-0.15, -0.1) is 0 Å². The van der Waals surface area contributed by atoms with E-state index in [-0.39, 0.29) is 23.2 Å². The van der Waals surface area contributed by atoms with Crippen LogP contribution in [0, 0.1) is 30.1 Å². The van der Waals surface area contributed by atoms with Crippen LogP contribution in [0.5, 0.6) is 5.75 Å². The number of benzene rings is 2. The van der Waals surface area contributed by atoms with Crippen LogP contribution in [0.25, 0.3) is 22.3 Å². The fourth-order valence-corrected chi connectivity index (χ4v) is 6.13. The van der Waals surface area contributed by atoms with Crippen LogP contribution in [0.4, 0.5) is 0 Å². The van der Waals surface area contributed by atoms with Gasteiger partial charge in [0.05, 0.1) is 46.8 Å². The zero-order valence-electron chi connectivity index (χ0n) is 20.4. The van der Waals surface area contributed by atoms with Crippen LogP contribution in [0.2, 0.25) is 0 Å². The summed E-state index contributed by atoms with van der Waals surface area (Å²) in [4.78, 5) is 30.6. The molecule has 4 aromatic rings. The first-order valence-corrected chi connectivity index (χ1v) is 12.1. The lowest BCUT2D eigenvalue weighted by Gasteiger charge is -2.48. The number of Topliss-reactive ketones (excluding diaryl/α,β-unsaturated/α-hetero) is 1. The molecule has 7 heteroatoms. The number of nitrogens with one attached hydrogen (secondary N) is 1. The molecule has 2 aromatic heterocycles. The van der Waals surface area contributed by atoms with Crippen LogP contribution >= 0.6 is 0 Å². The Bertz CT molecular complexity index is 1590. The Morgan fingerprint density at radius 1 is 1.17 bits per heavy atom. The molecule has 0 aliphatic heterocycles. The third-order valence-corrected chi connectivity index (χ3v) is 7.84. The van der Waals surface area contributed by atoms with E-state index in [1.807, 2.05) is 56.3 Å². The molecule has 3 atom stereocenters. The van der Waals surface area contributed by atoms with E-state index >= 15 is 0 Å². The highest BCUT2D eigenvalue weighted by Gasteiger charge is 2.53. The smallest absolute Gasteiger partial charge is 0.176 e. The van der Waals surface area contributed by atoms with E-state index in [1.54, 1.807) is 13.4 Å². The second-order valence-electron chi connectivity index (χ2n) is 9.65. The number of aryl methyl sites for hydroxylation is 1. The highest BCUT2D eigenvalue weighted by Crippen LogP contribution is 2.54. The van der Waals surface area contributed by atoms with Crippen molar-refractivity contribution in [3.8, 4) is 23.1 Å². The largest absolute Gasteiger partial charge is 0.497 e. The van der Waals surface area contributed by atoms with Crippen molar-refractivity contribution in [1.82, 2.24) is 19.9 Å². The predicted octanol–water partition coefficient (Wildman–Crippen LogP) is 4.85. The summed E-state index contributed by atoms with van der Waals surface area (Å²) in [6, 6.07) is 16.2. The topological polar surface area (TPSA) is 105 Å². The molecule has 2 aromatic carbocycles. The maximum atomic E-state index is 13.1. The first-order valence-electron chi connectivity index (χ1n) is 12.1. The van der Waals surface area contributed by atoms with Gasteiger partial charge in [-0.3, -0.25) is 4.79 Å². The number of H-pyrrole nitrogens is 1. The normalized spacial score (nSPS) is 22.9. The third kappa shape index (κ3) is 3.11. The number of ketones is 1. The highest BCUT2D eigenvalue weighted by atomic mass is 16.5. The van der Waals surface area contributed by atoms with Gasteiger partial charge in [0.1, 0.15) is 17.6 Å². The van der Waals surface area contributed by atoms with Crippen molar-refractivity contribution >= 4 is 16.8 Å². The summed E-state index contributed by atoms with van der Waals surface area (Å²) in [6.07, 6.45) is 5.09. The molecular formula is C29H25N5O2. The number of carbonyl (C=O) groups excluding carboxylic acids is 1. The highest BCUT2D eigenvalue weighted by molar-refractivity contribution is 6.02. The number of fused-ring (bicyclic) bond motifs is 4. The van der Waals surface area contributed by atoms with Gasteiger partial charge >= 0.3 is 0 Å². The number of allylic oxidation sites excluding steroid dienone is 2. The Labute approximate surface area is 208 Å². The van der Waals surface area contributed by atoms with Crippen molar-refractivity contribution in [1.29, 1.82) is 5.26 Å². The van der Waals surface area contributed by atoms with Gasteiger partial charge < -0.3 is 9.72 Å². The van der Waals surface area contributed by atoms with E-state index in [1.165, 1.54) is 0 Å². The van der Waals surface area contributed by atoms with Gasteiger partial charge in [0.15, 0.2) is 5.78 Å². The van der Waals surface area contributed by atoms with Crippen LogP contribution < -0.4 is 4.74 Å². The summed E-state index contributed by atoms with van der Waals surface area (Å²) >= 11 is 0. The summed E-state index contributed by atoms with van der Waals surface area (Å²) in [5.41, 5.74) is 6.09. The lowest BCUT2D eigenvalue weighted by atomic mass is 9.54. The fraction of sp³-hybridized carbons (Fsp3) is 0.276. The summed E-state index contributed by atoms with van der Waals surface area (Å²) < 4.78 is 5.41. The molecule has 178 valence electrons. The molecule has 0 saturated carbocycles. The quantitative estimate of drug-likeness (QED) is 0.454. The molecule has 0 unspecified atom stereocenters. The summed E-state index contributed by atoms with van der Waals surface area (Å²) in [5.74, 6) is 0.970. The van der Waals surface area contributed by atoms with Crippen LogP contribution in [0.1, 0.15) is 36.0 Å². The number of aromatic amines is 1. The molecule has 6 rings (SSSR count). The predicted molar refractivity (Wildman–Crippen MR) is 135 cm³/mol. The Morgan fingerprint density at radius 2 is 1.97 bits per heavy atom. The summed E-state index contributed by atoms with van der Waals surface area (Å²) in [5, 5.41) is 9.93. The number of imidazole rings is 1. The van der Waals surface area contributed by atoms with Crippen molar-refractivity contribution < 1.29 is 9.53 Å². The van der Waals surface area contributed by atoms with Gasteiger partial charge in [0.2, 0.25) is 0 Å². The van der Waals surface area contributed by atoms with Crippen molar-refractivity contribution in [2.24, 2.45) is 11.8 Å². The Kier molecular flexibility index (Phi) is 5.01. The van der Waals surface area contributed by atoms with Gasteiger partial charge in [0, 0.05) is 17.0 Å². The first-order chi connectivity index (χ1) is 17.5. The maximum Gasteiger partial charge on any atom is 0.176 e. The minimum absolute atomic E-state index is 0.0287. The zero-order chi connectivity index (χ0) is 25.0. The van der Waals surface area contributed by atoms with E-state index in [4.69, 9.17) is 14.7 Å².